The highest BCUT2D eigenvalue weighted by molar-refractivity contribution is 5.94. The first-order valence-corrected chi connectivity index (χ1v) is 7.10. The number of benzene rings is 1. The number of hydrogen-bond donors (Lipinski definition) is 3. The summed E-state index contributed by atoms with van der Waals surface area (Å²) in [7, 11) is 0. The number of aromatic carboxylic acids is 1. The van der Waals surface area contributed by atoms with Crippen molar-refractivity contribution >= 4 is 17.3 Å². The van der Waals surface area contributed by atoms with E-state index in [-0.39, 0.29) is 17.2 Å². The second-order valence-electron chi connectivity index (χ2n) is 6.16. The Bertz CT molecular complexity index is 559. The number of hydrogen-bond acceptors (Lipinski definition) is 6. The summed E-state index contributed by atoms with van der Waals surface area (Å²) in [6.07, 6.45) is -0.954. The number of nitrogens with one attached hydrogen (secondary N) is 1. The molecule has 0 aromatic heterocycles. The minimum absolute atomic E-state index is 0.0639. The van der Waals surface area contributed by atoms with E-state index in [1.54, 1.807) is 12.1 Å². The summed E-state index contributed by atoms with van der Waals surface area (Å²) in [5, 5.41) is 12.2. The molecule has 7 nitrogen and oxygen atoms in total. The highest BCUT2D eigenvalue weighted by Gasteiger charge is 2.41. The minimum Gasteiger partial charge on any atom is -0.478 e. The summed E-state index contributed by atoms with van der Waals surface area (Å²) in [5.41, 5.74) is 5.93. The molecule has 0 bridgehead atoms. The van der Waals surface area contributed by atoms with Crippen molar-refractivity contribution in [2.75, 3.05) is 11.1 Å². The summed E-state index contributed by atoms with van der Waals surface area (Å²) >= 11 is 0. The molecule has 1 aliphatic heterocycles. The Hall–Kier alpha value is -1.83. The molecule has 1 aliphatic rings. The van der Waals surface area contributed by atoms with Crippen LogP contribution in [0.1, 0.15) is 38.1 Å². The van der Waals surface area contributed by atoms with Gasteiger partial charge in [0.25, 0.3) is 0 Å². The van der Waals surface area contributed by atoms with Crippen LogP contribution in [0.25, 0.3) is 0 Å². The zero-order valence-corrected chi connectivity index (χ0v) is 13.1. The standard InChI is InChI=1S/C15H22N2O5/c1-8(2)13-20-14(15(3,4)22-21-13)17-9-5-6-10(12(18)19)11(16)7-9/h5-8,13-14,17H,16H2,1-4H3,(H,18,19). The van der Waals surface area contributed by atoms with E-state index in [1.165, 1.54) is 6.07 Å². The fourth-order valence-corrected chi connectivity index (χ4v) is 2.01. The lowest BCUT2D eigenvalue weighted by Gasteiger charge is -2.42. The Kier molecular flexibility index (Phi) is 4.60. The first kappa shape index (κ1) is 16.5. The number of anilines is 2. The van der Waals surface area contributed by atoms with Crippen molar-refractivity contribution in [2.24, 2.45) is 5.92 Å². The number of nitrogens with two attached hydrogens (primary N) is 1. The maximum Gasteiger partial charge on any atom is 0.337 e. The lowest BCUT2D eigenvalue weighted by Crippen LogP contribution is -2.54. The fourth-order valence-electron chi connectivity index (χ4n) is 2.01. The van der Waals surface area contributed by atoms with Gasteiger partial charge in [-0.1, -0.05) is 13.8 Å². The van der Waals surface area contributed by atoms with E-state index >= 15 is 0 Å². The number of carbonyl (C=O) groups is 1. The van der Waals surface area contributed by atoms with Gasteiger partial charge < -0.3 is 20.9 Å². The fraction of sp³-hybridized carbons (Fsp3) is 0.533. The maximum absolute atomic E-state index is 11.0. The van der Waals surface area contributed by atoms with Crippen molar-refractivity contribution in [1.82, 2.24) is 0 Å². The van der Waals surface area contributed by atoms with Gasteiger partial charge in [0.05, 0.1) is 5.56 Å². The van der Waals surface area contributed by atoms with Crippen molar-refractivity contribution < 1.29 is 24.4 Å². The van der Waals surface area contributed by atoms with Crippen LogP contribution in [0.15, 0.2) is 18.2 Å². The summed E-state index contributed by atoms with van der Waals surface area (Å²) in [4.78, 5) is 21.6. The second-order valence-corrected chi connectivity index (χ2v) is 6.16. The molecule has 0 aliphatic carbocycles. The van der Waals surface area contributed by atoms with Crippen LogP contribution in [0, 0.1) is 5.92 Å². The van der Waals surface area contributed by atoms with Crippen LogP contribution in [0.4, 0.5) is 11.4 Å². The van der Waals surface area contributed by atoms with Crippen molar-refractivity contribution in [3.05, 3.63) is 23.8 Å². The molecule has 0 spiro atoms. The van der Waals surface area contributed by atoms with Gasteiger partial charge in [0.1, 0.15) is 5.60 Å². The molecule has 0 saturated carbocycles. The van der Waals surface area contributed by atoms with Gasteiger partial charge in [-0.25, -0.2) is 14.6 Å². The van der Waals surface area contributed by atoms with E-state index in [2.05, 4.69) is 5.32 Å². The topological polar surface area (TPSA) is 103 Å². The molecule has 1 heterocycles. The Labute approximate surface area is 129 Å². The van der Waals surface area contributed by atoms with Crippen LogP contribution in [0.5, 0.6) is 0 Å². The van der Waals surface area contributed by atoms with Gasteiger partial charge in [-0.3, -0.25) is 0 Å². The Balaban J connectivity index is 2.16. The third-order valence-corrected chi connectivity index (χ3v) is 3.38. The largest absolute Gasteiger partial charge is 0.478 e. The number of nitrogen functional groups attached to an aromatic ring is 1. The van der Waals surface area contributed by atoms with E-state index in [9.17, 15) is 4.79 Å². The second kappa shape index (κ2) is 6.12. The third-order valence-electron chi connectivity index (χ3n) is 3.38. The molecule has 0 amide bonds. The van der Waals surface area contributed by atoms with E-state index < -0.39 is 24.1 Å². The van der Waals surface area contributed by atoms with E-state index in [0.717, 1.165) is 0 Å². The highest BCUT2D eigenvalue weighted by atomic mass is 17.2. The zero-order valence-electron chi connectivity index (χ0n) is 13.1. The van der Waals surface area contributed by atoms with Crippen molar-refractivity contribution in [3.63, 3.8) is 0 Å². The quantitative estimate of drug-likeness (QED) is 0.579. The lowest BCUT2D eigenvalue weighted by atomic mass is 10.1. The molecular weight excluding hydrogens is 288 g/mol. The van der Waals surface area contributed by atoms with Crippen LogP contribution in [-0.2, 0) is 14.5 Å². The first-order valence-electron chi connectivity index (χ1n) is 7.10. The van der Waals surface area contributed by atoms with Gasteiger partial charge in [-0.05, 0) is 32.0 Å². The Morgan fingerprint density at radius 1 is 1.41 bits per heavy atom. The van der Waals surface area contributed by atoms with Gasteiger partial charge in [0.2, 0.25) is 0 Å². The summed E-state index contributed by atoms with van der Waals surface area (Å²) in [6, 6.07) is 4.65. The van der Waals surface area contributed by atoms with Gasteiger partial charge in [0, 0.05) is 17.3 Å². The molecule has 1 saturated heterocycles. The van der Waals surface area contributed by atoms with Crippen LogP contribution in [0.3, 0.4) is 0 Å². The van der Waals surface area contributed by atoms with E-state index in [1.807, 2.05) is 27.7 Å². The normalized spacial score (nSPS) is 24.2. The monoisotopic (exact) mass is 310 g/mol. The molecule has 1 aromatic rings. The average molecular weight is 310 g/mol. The smallest absolute Gasteiger partial charge is 0.337 e. The molecule has 1 fully saturated rings. The Morgan fingerprint density at radius 3 is 2.64 bits per heavy atom. The molecule has 1 aromatic carbocycles. The molecule has 22 heavy (non-hydrogen) atoms. The summed E-state index contributed by atoms with van der Waals surface area (Å²) < 4.78 is 5.87. The van der Waals surface area contributed by atoms with Crippen LogP contribution in [0.2, 0.25) is 0 Å². The molecule has 2 rings (SSSR count). The molecule has 7 heteroatoms. The SMILES string of the molecule is CC(C)C1OOC(C)(C)C(Nc2ccc(C(=O)O)c(N)c2)O1. The highest BCUT2D eigenvalue weighted by Crippen LogP contribution is 2.30. The van der Waals surface area contributed by atoms with Crippen LogP contribution < -0.4 is 11.1 Å². The number of ether oxygens (including phenoxy) is 1. The van der Waals surface area contributed by atoms with Gasteiger partial charge in [-0.15, -0.1) is 0 Å². The zero-order chi connectivity index (χ0) is 16.5. The predicted octanol–water partition coefficient (Wildman–Crippen LogP) is 2.44. The molecular formula is C15H22N2O5. The first-order chi connectivity index (χ1) is 10.2. The third kappa shape index (κ3) is 3.49. The van der Waals surface area contributed by atoms with Crippen LogP contribution in [-0.4, -0.2) is 29.2 Å². The van der Waals surface area contributed by atoms with Crippen molar-refractivity contribution in [1.29, 1.82) is 0 Å². The van der Waals surface area contributed by atoms with Gasteiger partial charge in [0.15, 0.2) is 12.5 Å². The van der Waals surface area contributed by atoms with Crippen molar-refractivity contribution in [3.8, 4) is 0 Å². The molecule has 2 atom stereocenters. The molecule has 0 radical (unpaired) electrons. The van der Waals surface area contributed by atoms with E-state index in [4.69, 9.17) is 25.4 Å². The number of rotatable bonds is 4. The average Bonchev–Trinajstić information content (AvgIpc) is 2.40. The Morgan fingerprint density at radius 2 is 2.09 bits per heavy atom. The predicted molar refractivity (Wildman–Crippen MR) is 81.2 cm³/mol. The number of carboxylic acids is 1. The lowest BCUT2D eigenvalue weighted by molar-refractivity contribution is -0.485. The maximum atomic E-state index is 11.0. The molecule has 122 valence electrons. The minimum atomic E-state index is -1.06. The van der Waals surface area contributed by atoms with Gasteiger partial charge >= 0.3 is 5.97 Å². The molecule has 2 unspecified atom stereocenters. The molecule has 4 N–H and O–H groups in total. The van der Waals surface area contributed by atoms with E-state index in [0.29, 0.717) is 5.69 Å². The number of carboxylic acid groups (broad SMARTS) is 1. The summed E-state index contributed by atoms with van der Waals surface area (Å²) in [6.45, 7) is 7.58. The van der Waals surface area contributed by atoms with Crippen LogP contribution >= 0.6 is 0 Å². The summed E-state index contributed by atoms with van der Waals surface area (Å²) in [5.74, 6) is -0.935. The van der Waals surface area contributed by atoms with Crippen molar-refractivity contribution in [2.45, 2.75) is 45.8 Å². The van der Waals surface area contributed by atoms with Gasteiger partial charge in [-0.2, -0.15) is 0 Å².